The van der Waals surface area contributed by atoms with Gasteiger partial charge in [-0.15, -0.1) is 0 Å². The molecule has 1 amide bonds. The molecule has 0 bridgehead atoms. The molecule has 154 valence electrons. The first kappa shape index (κ1) is 20.8. The fourth-order valence-corrected chi connectivity index (χ4v) is 4.03. The Hall–Kier alpha value is -2.91. The van der Waals surface area contributed by atoms with Crippen molar-refractivity contribution in [2.75, 3.05) is 19.4 Å². The highest BCUT2D eigenvalue weighted by Gasteiger charge is 2.18. The van der Waals surface area contributed by atoms with Gasteiger partial charge in [-0.3, -0.25) is 13.9 Å². The van der Waals surface area contributed by atoms with E-state index in [1.807, 2.05) is 31.2 Å². The molecule has 0 radical (unpaired) electrons. The van der Waals surface area contributed by atoms with Gasteiger partial charge in [-0.05, 0) is 42.8 Å². The van der Waals surface area contributed by atoms with Crippen molar-refractivity contribution in [3.05, 3.63) is 59.0 Å². The second-order valence-corrected chi connectivity index (χ2v) is 9.02. The maximum atomic E-state index is 12.8. The van der Waals surface area contributed by atoms with E-state index in [9.17, 15) is 18.0 Å². The first-order valence-corrected chi connectivity index (χ1v) is 10.7. The molecular formula is C20H24N4O4S. The zero-order valence-electron chi connectivity index (χ0n) is 16.6. The lowest BCUT2D eigenvalue weighted by Gasteiger charge is -2.12. The van der Waals surface area contributed by atoms with Gasteiger partial charge in [0.1, 0.15) is 6.54 Å². The van der Waals surface area contributed by atoms with E-state index in [1.165, 1.54) is 42.9 Å². The summed E-state index contributed by atoms with van der Waals surface area (Å²) in [7, 11) is -0.619. The Morgan fingerprint density at radius 1 is 1.00 bits per heavy atom. The summed E-state index contributed by atoms with van der Waals surface area (Å²) in [5, 5.41) is 2.72. The van der Waals surface area contributed by atoms with Crippen LogP contribution in [0.1, 0.15) is 13.3 Å². The summed E-state index contributed by atoms with van der Waals surface area (Å²) >= 11 is 0. The Balaban J connectivity index is 1.82. The highest BCUT2D eigenvalue weighted by molar-refractivity contribution is 7.89. The third-order valence-corrected chi connectivity index (χ3v) is 6.42. The molecule has 9 heteroatoms. The number of anilines is 1. The molecule has 1 heterocycles. The molecule has 0 aliphatic rings. The van der Waals surface area contributed by atoms with Gasteiger partial charge in [0.2, 0.25) is 15.9 Å². The molecule has 0 saturated heterocycles. The van der Waals surface area contributed by atoms with Crippen molar-refractivity contribution < 1.29 is 13.2 Å². The van der Waals surface area contributed by atoms with Crippen LogP contribution in [0.2, 0.25) is 0 Å². The summed E-state index contributed by atoms with van der Waals surface area (Å²) in [6.45, 7) is 2.44. The fraction of sp³-hybridized carbons (Fsp3) is 0.300. The summed E-state index contributed by atoms with van der Waals surface area (Å²) in [5.74, 6) is -0.366. The zero-order chi connectivity index (χ0) is 21.2. The number of sulfonamides is 1. The molecular weight excluding hydrogens is 392 g/mol. The summed E-state index contributed by atoms with van der Waals surface area (Å²) in [5.41, 5.74) is 1.73. The van der Waals surface area contributed by atoms with Crippen molar-refractivity contribution >= 4 is 32.7 Å². The van der Waals surface area contributed by atoms with Gasteiger partial charge in [0.05, 0.1) is 15.9 Å². The quantitative estimate of drug-likeness (QED) is 0.638. The molecule has 0 aliphatic heterocycles. The normalized spacial score (nSPS) is 11.9. The summed E-state index contributed by atoms with van der Waals surface area (Å²) < 4.78 is 28.5. The van der Waals surface area contributed by atoms with E-state index in [-0.39, 0.29) is 23.0 Å². The minimum absolute atomic E-state index is 0.131. The molecule has 0 fully saturated rings. The van der Waals surface area contributed by atoms with Crippen molar-refractivity contribution in [2.24, 2.45) is 0 Å². The number of carbonyl (C=O) groups is 1. The number of amides is 1. The highest BCUT2D eigenvalue weighted by atomic mass is 32.2. The molecule has 0 aliphatic carbocycles. The van der Waals surface area contributed by atoms with Crippen LogP contribution in [0.25, 0.3) is 11.0 Å². The van der Waals surface area contributed by atoms with Gasteiger partial charge < -0.3 is 5.32 Å². The van der Waals surface area contributed by atoms with Gasteiger partial charge >= 0.3 is 5.69 Å². The number of imidazole rings is 1. The maximum Gasteiger partial charge on any atom is 0.329 e. The molecule has 0 unspecified atom stereocenters. The molecule has 8 nitrogen and oxygen atoms in total. The second-order valence-electron chi connectivity index (χ2n) is 6.87. The lowest BCUT2D eigenvalue weighted by molar-refractivity contribution is -0.116. The van der Waals surface area contributed by atoms with E-state index in [0.29, 0.717) is 17.7 Å². The summed E-state index contributed by atoms with van der Waals surface area (Å²) in [6.07, 6.45) is 0.808. The lowest BCUT2D eigenvalue weighted by Crippen LogP contribution is -2.29. The summed E-state index contributed by atoms with van der Waals surface area (Å²) in [6, 6.07) is 13.3. The van der Waals surface area contributed by atoms with Gasteiger partial charge in [-0.1, -0.05) is 19.1 Å². The van der Waals surface area contributed by atoms with E-state index >= 15 is 0 Å². The van der Waals surface area contributed by atoms with Crippen LogP contribution in [0.5, 0.6) is 0 Å². The number of benzene rings is 2. The van der Waals surface area contributed by atoms with Crippen molar-refractivity contribution in [1.82, 2.24) is 13.4 Å². The lowest BCUT2D eigenvalue weighted by atomic mass is 10.3. The van der Waals surface area contributed by atoms with E-state index in [2.05, 4.69) is 5.32 Å². The van der Waals surface area contributed by atoms with Crippen LogP contribution in [0, 0.1) is 0 Å². The fourth-order valence-electron chi connectivity index (χ4n) is 3.13. The smallest absolute Gasteiger partial charge is 0.325 e. The number of aromatic nitrogens is 2. The number of carbonyl (C=O) groups excluding carboxylic acids is 1. The van der Waals surface area contributed by atoms with E-state index < -0.39 is 10.0 Å². The van der Waals surface area contributed by atoms with Crippen LogP contribution in [0.3, 0.4) is 0 Å². The Bertz CT molecular complexity index is 1190. The molecule has 0 saturated carbocycles. The van der Waals surface area contributed by atoms with E-state index in [4.69, 9.17) is 0 Å². The third kappa shape index (κ3) is 4.10. The molecule has 1 aromatic heterocycles. The van der Waals surface area contributed by atoms with Gasteiger partial charge in [0.25, 0.3) is 0 Å². The van der Waals surface area contributed by atoms with Crippen molar-refractivity contribution in [3.63, 3.8) is 0 Å². The SMILES string of the molecule is CCCn1c(=O)n(CC(=O)Nc2ccc(S(=O)(=O)N(C)C)cc2)c2ccccc21. The topological polar surface area (TPSA) is 93.4 Å². The zero-order valence-corrected chi connectivity index (χ0v) is 17.4. The van der Waals surface area contributed by atoms with Crippen molar-refractivity contribution in [2.45, 2.75) is 31.3 Å². The van der Waals surface area contributed by atoms with Crippen LogP contribution in [-0.2, 0) is 27.9 Å². The number of hydrogen-bond donors (Lipinski definition) is 1. The molecule has 0 spiro atoms. The Labute approximate surface area is 169 Å². The Morgan fingerprint density at radius 2 is 1.59 bits per heavy atom. The Kier molecular flexibility index (Phi) is 5.90. The Morgan fingerprint density at radius 3 is 2.14 bits per heavy atom. The molecule has 1 N–H and O–H groups in total. The minimum Gasteiger partial charge on any atom is -0.325 e. The number of fused-ring (bicyclic) bond motifs is 1. The van der Waals surface area contributed by atoms with Crippen molar-refractivity contribution in [3.8, 4) is 0 Å². The number of nitrogens with one attached hydrogen (secondary N) is 1. The first-order chi connectivity index (χ1) is 13.8. The van der Waals surface area contributed by atoms with E-state index in [1.54, 1.807) is 4.57 Å². The highest BCUT2D eigenvalue weighted by Crippen LogP contribution is 2.17. The first-order valence-electron chi connectivity index (χ1n) is 9.26. The van der Waals surface area contributed by atoms with Gasteiger partial charge in [-0.25, -0.2) is 17.5 Å². The standard InChI is InChI=1S/C20H24N4O4S/c1-4-13-23-17-7-5-6-8-18(17)24(20(23)26)14-19(25)21-15-9-11-16(12-10-15)29(27,28)22(2)3/h5-12H,4,13-14H2,1-3H3,(H,21,25). The van der Waals surface area contributed by atoms with Crippen LogP contribution < -0.4 is 11.0 Å². The van der Waals surface area contributed by atoms with Crippen LogP contribution in [-0.4, -0.2) is 41.9 Å². The van der Waals surface area contributed by atoms with Crippen molar-refractivity contribution in [1.29, 1.82) is 0 Å². The average molecular weight is 417 g/mol. The monoisotopic (exact) mass is 416 g/mol. The molecule has 29 heavy (non-hydrogen) atoms. The number of rotatable bonds is 7. The molecule has 3 aromatic rings. The van der Waals surface area contributed by atoms with Crippen LogP contribution in [0.15, 0.2) is 58.2 Å². The van der Waals surface area contributed by atoms with Gasteiger partial charge in [0.15, 0.2) is 0 Å². The largest absolute Gasteiger partial charge is 0.329 e. The number of para-hydroxylation sites is 2. The number of hydrogen-bond acceptors (Lipinski definition) is 4. The minimum atomic E-state index is -3.53. The summed E-state index contributed by atoms with van der Waals surface area (Å²) in [4.78, 5) is 25.4. The predicted octanol–water partition coefficient (Wildman–Crippen LogP) is 2.10. The third-order valence-electron chi connectivity index (χ3n) is 4.59. The molecule has 2 aromatic carbocycles. The van der Waals surface area contributed by atoms with Crippen LogP contribution in [0.4, 0.5) is 5.69 Å². The van der Waals surface area contributed by atoms with E-state index in [0.717, 1.165) is 16.2 Å². The molecule has 0 atom stereocenters. The number of aryl methyl sites for hydroxylation is 1. The predicted molar refractivity (Wildman–Crippen MR) is 112 cm³/mol. The molecule has 3 rings (SSSR count). The number of nitrogens with zero attached hydrogens (tertiary/aromatic N) is 3. The van der Waals surface area contributed by atoms with Gasteiger partial charge in [-0.2, -0.15) is 0 Å². The second kappa shape index (κ2) is 8.22. The maximum absolute atomic E-state index is 12.8. The van der Waals surface area contributed by atoms with Crippen LogP contribution >= 0.6 is 0 Å². The van der Waals surface area contributed by atoms with Gasteiger partial charge in [0, 0.05) is 26.3 Å². The average Bonchev–Trinajstić information content (AvgIpc) is 2.94.